The number of alkyl halides is 3. The van der Waals surface area contributed by atoms with Crippen LogP contribution in [0.5, 0.6) is 0 Å². The Kier molecular flexibility index (Phi) is 18.1. The molecule has 0 spiro atoms. The van der Waals surface area contributed by atoms with Crippen molar-refractivity contribution in [2.75, 3.05) is 0 Å². The molecule has 15 heteroatoms. The lowest BCUT2D eigenvalue weighted by Gasteiger charge is -2.13. The molecule has 0 saturated carbocycles. The molecule has 0 aliphatic rings. The van der Waals surface area contributed by atoms with Crippen LogP contribution >= 0.6 is 0 Å². The average molecular weight is 953 g/mol. The van der Waals surface area contributed by atoms with E-state index in [0.717, 1.165) is 0 Å². The van der Waals surface area contributed by atoms with Crippen LogP contribution in [0, 0.1) is 53.2 Å². The van der Waals surface area contributed by atoms with Gasteiger partial charge in [0.15, 0.2) is 39.5 Å². The molecule has 0 aromatic heterocycles. The summed E-state index contributed by atoms with van der Waals surface area (Å²) in [5.74, 6) is -2.30. The summed E-state index contributed by atoms with van der Waals surface area (Å²) in [6.45, 7) is 13.3. The van der Waals surface area contributed by atoms with E-state index in [1.807, 2.05) is 0 Å². The second kappa shape index (κ2) is 22.6. The number of hydrogen-bond acceptors (Lipinski definition) is 6. The van der Waals surface area contributed by atoms with Gasteiger partial charge in [-0.25, -0.2) is 25.6 Å². The van der Waals surface area contributed by atoms with Gasteiger partial charge in [-0.2, -0.15) is 13.2 Å². The number of hydrogen-bond donors (Lipinski definition) is 0. The molecular weight excluding hydrogens is 908 g/mol. The first-order valence-electron chi connectivity index (χ1n) is 19.3. The molecule has 64 heavy (non-hydrogen) atoms. The first-order valence-corrected chi connectivity index (χ1v) is 24.5. The lowest BCUT2D eigenvalue weighted by atomic mass is 10.1. The maximum Gasteiger partial charge on any atom is 0.485 e. The first-order chi connectivity index (χ1) is 30.0. The van der Waals surface area contributed by atoms with E-state index in [1.165, 1.54) is 62.8 Å². The smallest absolute Gasteiger partial charge is 0.485 e. The monoisotopic (exact) mass is 952 g/mol. The molecule has 6 nitrogen and oxygen atoms in total. The van der Waals surface area contributed by atoms with Crippen LogP contribution in [0.3, 0.4) is 0 Å². The molecule has 0 unspecified atom stereocenters. The summed E-state index contributed by atoms with van der Waals surface area (Å²) >= 11 is 0. The fourth-order valence-electron chi connectivity index (χ4n) is 6.63. The van der Waals surface area contributed by atoms with Crippen molar-refractivity contribution in [3.8, 4) is 0 Å². The van der Waals surface area contributed by atoms with Crippen LogP contribution in [-0.4, -0.2) is 31.4 Å². The third kappa shape index (κ3) is 14.4. The Morgan fingerprint density at radius 1 is 0.438 bits per heavy atom. The van der Waals surface area contributed by atoms with E-state index in [1.54, 1.807) is 0 Å². The van der Waals surface area contributed by atoms with Crippen molar-refractivity contribution in [2.45, 2.75) is 81.3 Å². The van der Waals surface area contributed by atoms with E-state index in [2.05, 4.69) is 187 Å². The Morgan fingerprint density at radius 2 is 0.703 bits per heavy atom. The van der Waals surface area contributed by atoms with Gasteiger partial charge in [0.05, 0.1) is 26.7 Å². The molecule has 0 bridgehead atoms. The first kappa shape index (κ1) is 51.3. The fraction of sp³-hybridized carbons (Fsp3) is 0.143. The molecule has 0 aliphatic heterocycles. The second-order valence-electron chi connectivity index (χ2n) is 14.2. The van der Waals surface area contributed by atoms with Crippen LogP contribution in [0.4, 0.5) is 22.0 Å². The van der Waals surface area contributed by atoms with E-state index in [-0.39, 0.29) is 21.8 Å². The van der Waals surface area contributed by atoms with Crippen molar-refractivity contribution in [3.63, 3.8) is 0 Å². The highest BCUT2D eigenvalue weighted by Crippen LogP contribution is 2.37. The SMILES string of the molecule is Cc1cc(C)c([S+](c2ccccc2)c2ccccc2)c(C)c1.Cc1cc(C)c([S+](c2ccccc2)c2ccccc2)c(C)c1.O=S(=O)([O-])C(F)(F)F.O=S(=O)([O-])c1ccc(F)cc1F. The van der Waals surface area contributed by atoms with E-state index in [9.17, 15) is 34.9 Å². The molecule has 0 radical (unpaired) electrons. The highest BCUT2D eigenvalue weighted by atomic mass is 32.2. The summed E-state index contributed by atoms with van der Waals surface area (Å²) < 4.78 is 114. The van der Waals surface area contributed by atoms with E-state index >= 15 is 0 Å². The molecule has 0 amide bonds. The summed E-state index contributed by atoms with van der Waals surface area (Å²) in [5.41, 5.74) is 2.56. The quantitative estimate of drug-likeness (QED) is 0.0680. The van der Waals surface area contributed by atoms with Crippen LogP contribution in [0.2, 0.25) is 0 Å². The molecule has 7 rings (SSSR count). The summed E-state index contributed by atoms with van der Waals surface area (Å²) in [6.07, 6.45) is 0. The molecule has 336 valence electrons. The Labute approximate surface area is 378 Å². The normalized spacial score (nSPS) is 11.4. The molecule has 0 saturated heterocycles. The van der Waals surface area contributed by atoms with Gasteiger partial charge in [0, 0.05) is 28.3 Å². The molecule has 7 aromatic carbocycles. The van der Waals surface area contributed by atoms with Gasteiger partial charge in [-0.05, 0) is 102 Å². The molecule has 0 fully saturated rings. The van der Waals surface area contributed by atoms with Crippen LogP contribution in [0.15, 0.2) is 198 Å². The van der Waals surface area contributed by atoms with Crippen LogP contribution in [-0.2, 0) is 42.0 Å². The third-order valence-electron chi connectivity index (χ3n) is 8.98. The Morgan fingerprint density at radius 3 is 0.922 bits per heavy atom. The van der Waals surface area contributed by atoms with Crippen LogP contribution in [0.25, 0.3) is 0 Å². The summed E-state index contributed by atoms with van der Waals surface area (Å²) in [7, 11) is -11.0. The Bertz CT molecular complexity index is 2590. The van der Waals surface area contributed by atoms with E-state index in [4.69, 9.17) is 13.0 Å². The van der Waals surface area contributed by atoms with Crippen molar-refractivity contribution >= 4 is 42.0 Å². The predicted molar refractivity (Wildman–Crippen MR) is 241 cm³/mol. The zero-order chi connectivity index (χ0) is 47.4. The molecule has 7 aromatic rings. The molecule has 0 N–H and O–H groups in total. The van der Waals surface area contributed by atoms with Gasteiger partial charge in [0.1, 0.15) is 21.8 Å². The highest BCUT2D eigenvalue weighted by Gasteiger charge is 2.37. The molecule has 0 aliphatic carbocycles. The van der Waals surface area contributed by atoms with Crippen molar-refractivity contribution in [3.05, 3.63) is 209 Å². The zero-order valence-electron chi connectivity index (χ0n) is 35.6. The van der Waals surface area contributed by atoms with Gasteiger partial charge >= 0.3 is 5.51 Å². The van der Waals surface area contributed by atoms with Crippen LogP contribution < -0.4 is 0 Å². The Balaban J connectivity index is 0.000000201. The number of benzene rings is 7. The van der Waals surface area contributed by atoms with Crippen molar-refractivity contribution < 1.29 is 47.9 Å². The number of halogens is 5. The summed E-state index contributed by atoms with van der Waals surface area (Å²) in [5, 5.41) is 0. The minimum Gasteiger partial charge on any atom is -0.744 e. The largest absolute Gasteiger partial charge is 0.744 e. The maximum absolute atomic E-state index is 12.5. The lowest BCUT2D eigenvalue weighted by molar-refractivity contribution is -0.0517. The van der Waals surface area contributed by atoms with Gasteiger partial charge in [-0.1, -0.05) is 108 Å². The second-order valence-corrected chi connectivity index (χ2v) is 20.9. The van der Waals surface area contributed by atoms with Gasteiger partial charge in [-0.3, -0.25) is 0 Å². The standard InChI is InChI=1S/2C21H21S.C6H4F2O3S.CHF3O3S/c2*1-16-14-17(2)21(18(3)15-16)22(19-10-6-4-7-11-19)20-12-8-5-9-13-20;7-4-1-2-6(5(8)3-4)12(9,10)11;2-1(3,4)8(5,6)7/h2*4-15H,1-3H3;1-3H,(H,9,10,11);(H,5,6,7)/q2*+1;;/p-2. The molecular formula is C49H45F5O6S4. The van der Waals surface area contributed by atoms with Crippen molar-refractivity contribution in [1.29, 1.82) is 0 Å². The minimum absolute atomic E-state index is 0.0460. The number of aryl methyl sites for hydroxylation is 6. The van der Waals surface area contributed by atoms with Crippen molar-refractivity contribution in [1.82, 2.24) is 0 Å². The Hall–Kier alpha value is -5.29. The van der Waals surface area contributed by atoms with Gasteiger partial charge in [0.2, 0.25) is 0 Å². The average Bonchev–Trinajstić information content (AvgIpc) is 3.21. The highest BCUT2D eigenvalue weighted by molar-refractivity contribution is 7.97. The zero-order valence-corrected chi connectivity index (χ0v) is 38.8. The lowest BCUT2D eigenvalue weighted by Crippen LogP contribution is -2.21. The minimum atomic E-state index is -6.09. The van der Waals surface area contributed by atoms with Crippen molar-refractivity contribution in [2.24, 2.45) is 0 Å². The number of rotatable bonds is 7. The fourth-order valence-corrected chi connectivity index (χ4v) is 11.9. The van der Waals surface area contributed by atoms with Gasteiger partial charge in [0.25, 0.3) is 0 Å². The predicted octanol–water partition coefficient (Wildman–Crippen LogP) is 12.3. The van der Waals surface area contributed by atoms with E-state index in [0.29, 0.717) is 18.2 Å². The van der Waals surface area contributed by atoms with E-state index < -0.39 is 42.3 Å². The topological polar surface area (TPSA) is 114 Å². The maximum atomic E-state index is 12.5. The summed E-state index contributed by atoms with van der Waals surface area (Å²) in [6, 6.07) is 54.2. The molecule has 0 atom stereocenters. The summed E-state index contributed by atoms with van der Waals surface area (Å²) in [4.78, 5) is 7.40. The van der Waals surface area contributed by atoms with Gasteiger partial charge < -0.3 is 9.11 Å². The van der Waals surface area contributed by atoms with Gasteiger partial charge in [-0.15, -0.1) is 0 Å². The third-order valence-corrected chi connectivity index (χ3v) is 15.5. The van der Waals surface area contributed by atoms with Crippen LogP contribution in [0.1, 0.15) is 33.4 Å². The molecule has 0 heterocycles.